The van der Waals surface area contributed by atoms with Gasteiger partial charge >= 0.3 is 0 Å². The molecule has 0 bridgehead atoms. The third kappa shape index (κ3) is 8.47. The van der Waals surface area contributed by atoms with Crippen molar-refractivity contribution in [2.75, 3.05) is 24.0 Å². The van der Waals surface area contributed by atoms with E-state index < -0.39 is 28.5 Å². The first-order chi connectivity index (χ1) is 19.7. The molecule has 0 saturated carbocycles. The fourth-order valence-electron chi connectivity index (χ4n) is 4.39. The lowest BCUT2D eigenvalue weighted by Gasteiger charge is -2.33. The van der Waals surface area contributed by atoms with Crippen LogP contribution in [0.1, 0.15) is 45.6 Å². The Morgan fingerprint density at radius 2 is 1.59 bits per heavy atom. The van der Waals surface area contributed by atoms with Gasteiger partial charge in [-0.25, -0.2) is 8.42 Å². The Bertz CT molecular complexity index is 1380. The number of unbranched alkanes of at least 4 members (excludes halogenated alkanes) is 1. The zero-order valence-electron chi connectivity index (χ0n) is 23.8. The Morgan fingerprint density at radius 1 is 0.927 bits per heavy atom. The molecule has 0 spiro atoms. The lowest BCUT2D eigenvalue weighted by Crippen LogP contribution is -2.52. The Labute approximate surface area is 248 Å². The van der Waals surface area contributed by atoms with Gasteiger partial charge in [-0.15, -0.1) is 0 Å². The molecule has 10 heteroatoms. The maximum absolute atomic E-state index is 14.2. The van der Waals surface area contributed by atoms with Crippen molar-refractivity contribution in [2.45, 2.75) is 57.5 Å². The maximum atomic E-state index is 14.2. The molecular weight excluding hydrogens is 562 g/mol. The van der Waals surface area contributed by atoms with Crippen molar-refractivity contribution in [1.82, 2.24) is 10.2 Å². The second-order valence-corrected chi connectivity index (χ2v) is 11.7. The molecule has 0 aromatic heterocycles. The number of ether oxygens (including phenoxy) is 1. The van der Waals surface area contributed by atoms with Crippen molar-refractivity contribution >= 4 is 39.1 Å². The Hall–Kier alpha value is -3.56. The molecule has 41 heavy (non-hydrogen) atoms. The van der Waals surface area contributed by atoms with E-state index in [2.05, 4.69) is 5.32 Å². The molecule has 2 amide bonds. The van der Waals surface area contributed by atoms with Gasteiger partial charge in [0.05, 0.1) is 17.2 Å². The van der Waals surface area contributed by atoms with E-state index in [1.165, 1.54) is 17.0 Å². The quantitative estimate of drug-likeness (QED) is 0.228. The van der Waals surface area contributed by atoms with Crippen LogP contribution in [-0.2, 0) is 26.2 Å². The third-order valence-electron chi connectivity index (χ3n) is 6.53. The first kappa shape index (κ1) is 32.0. The molecule has 3 aromatic rings. The van der Waals surface area contributed by atoms with Gasteiger partial charge in [0.1, 0.15) is 18.3 Å². The number of carbonyl (C=O) groups is 2. The number of sulfonamides is 1. The van der Waals surface area contributed by atoms with Gasteiger partial charge in [0.25, 0.3) is 10.0 Å². The average Bonchev–Trinajstić information content (AvgIpc) is 2.98. The summed E-state index contributed by atoms with van der Waals surface area (Å²) in [4.78, 5) is 28.9. The summed E-state index contributed by atoms with van der Waals surface area (Å²) in [7, 11) is -4.18. The van der Waals surface area contributed by atoms with Crippen molar-refractivity contribution in [2.24, 2.45) is 0 Å². The lowest BCUT2D eigenvalue weighted by molar-refractivity contribution is -0.140. The first-order valence-corrected chi connectivity index (χ1v) is 15.7. The second-order valence-electron chi connectivity index (χ2n) is 9.44. The fourth-order valence-corrected chi connectivity index (χ4v) is 5.96. The van der Waals surface area contributed by atoms with E-state index in [1.807, 2.05) is 13.8 Å². The van der Waals surface area contributed by atoms with Gasteiger partial charge in [0, 0.05) is 18.1 Å². The number of halogens is 1. The average molecular weight is 600 g/mol. The smallest absolute Gasteiger partial charge is 0.264 e. The summed E-state index contributed by atoms with van der Waals surface area (Å²) in [5, 5.41) is 3.47. The lowest BCUT2D eigenvalue weighted by atomic mass is 10.1. The minimum Gasteiger partial charge on any atom is -0.492 e. The van der Waals surface area contributed by atoms with Crippen LogP contribution in [0.25, 0.3) is 0 Å². The number of rotatable bonds is 15. The summed E-state index contributed by atoms with van der Waals surface area (Å²) in [6.45, 7) is 6.02. The van der Waals surface area contributed by atoms with E-state index in [1.54, 1.807) is 73.7 Å². The monoisotopic (exact) mass is 599 g/mol. The molecule has 0 heterocycles. The Balaban J connectivity index is 2.06. The number of benzene rings is 3. The molecule has 1 N–H and O–H groups in total. The molecule has 3 aromatic carbocycles. The molecule has 0 radical (unpaired) electrons. The molecule has 0 saturated heterocycles. The normalized spacial score (nSPS) is 11.9. The van der Waals surface area contributed by atoms with Crippen molar-refractivity contribution in [3.8, 4) is 5.75 Å². The third-order valence-corrected chi connectivity index (χ3v) is 8.55. The van der Waals surface area contributed by atoms with E-state index in [0.717, 1.165) is 22.7 Å². The van der Waals surface area contributed by atoms with Crippen LogP contribution < -0.4 is 14.4 Å². The van der Waals surface area contributed by atoms with Gasteiger partial charge in [-0.2, -0.15) is 0 Å². The second kappa shape index (κ2) is 15.4. The molecule has 0 aliphatic heterocycles. The number of hydrogen-bond donors (Lipinski definition) is 1. The summed E-state index contributed by atoms with van der Waals surface area (Å²) < 4.78 is 34.8. The van der Waals surface area contributed by atoms with E-state index in [4.69, 9.17) is 16.3 Å². The topological polar surface area (TPSA) is 96.0 Å². The Kier molecular flexibility index (Phi) is 12.0. The molecule has 0 unspecified atom stereocenters. The largest absolute Gasteiger partial charge is 0.492 e. The van der Waals surface area contributed by atoms with Crippen molar-refractivity contribution in [3.05, 3.63) is 89.4 Å². The molecule has 0 aliphatic rings. The van der Waals surface area contributed by atoms with Crippen molar-refractivity contribution in [1.29, 1.82) is 0 Å². The fraction of sp³-hybridized carbons (Fsp3) is 0.355. The minimum absolute atomic E-state index is 0.0349. The van der Waals surface area contributed by atoms with Gasteiger partial charge in [-0.3, -0.25) is 13.9 Å². The van der Waals surface area contributed by atoms with Crippen LogP contribution in [0, 0.1) is 0 Å². The highest BCUT2D eigenvalue weighted by Crippen LogP contribution is 2.33. The predicted molar refractivity (Wildman–Crippen MR) is 163 cm³/mol. The highest BCUT2D eigenvalue weighted by molar-refractivity contribution is 7.92. The van der Waals surface area contributed by atoms with Crippen LogP contribution in [0.4, 0.5) is 5.69 Å². The zero-order chi connectivity index (χ0) is 29.8. The van der Waals surface area contributed by atoms with Crippen LogP contribution >= 0.6 is 11.6 Å². The van der Waals surface area contributed by atoms with Crippen molar-refractivity contribution < 1.29 is 22.7 Å². The van der Waals surface area contributed by atoms with E-state index >= 15 is 0 Å². The SMILES string of the molecule is CCCCNC(=O)[C@@H](CC)N(Cc1ccc(Cl)cc1)C(=O)CN(c1ccccc1OCC)S(=O)(=O)c1ccccc1. The summed E-state index contributed by atoms with van der Waals surface area (Å²) >= 11 is 6.08. The number of carbonyl (C=O) groups excluding carboxylic acids is 2. The van der Waals surface area contributed by atoms with Gasteiger partial charge in [-0.05, 0) is 61.7 Å². The number of nitrogens with one attached hydrogen (secondary N) is 1. The minimum atomic E-state index is -4.18. The molecule has 8 nitrogen and oxygen atoms in total. The molecule has 0 fully saturated rings. The number of anilines is 1. The van der Waals surface area contributed by atoms with Crippen molar-refractivity contribution in [3.63, 3.8) is 0 Å². The highest BCUT2D eigenvalue weighted by atomic mass is 35.5. The molecule has 0 aliphatic carbocycles. The van der Waals surface area contributed by atoms with Crippen LogP contribution in [0.2, 0.25) is 5.02 Å². The van der Waals surface area contributed by atoms with E-state index in [0.29, 0.717) is 30.3 Å². The summed E-state index contributed by atoms with van der Waals surface area (Å²) in [6.07, 6.45) is 2.07. The van der Waals surface area contributed by atoms with Gasteiger partial charge in [0.15, 0.2) is 0 Å². The number of hydrogen-bond acceptors (Lipinski definition) is 5. The van der Waals surface area contributed by atoms with Crippen LogP contribution in [-0.4, -0.2) is 50.9 Å². The summed E-state index contributed by atoms with van der Waals surface area (Å²) in [5.41, 5.74) is 0.994. The van der Waals surface area contributed by atoms with Gasteiger partial charge in [0.2, 0.25) is 11.8 Å². The number of amides is 2. The molecule has 3 rings (SSSR count). The standard InChI is InChI=1S/C31H38ClN3O5S/c1-4-7-21-33-31(37)27(5-2)34(22-24-17-19-25(32)20-18-24)30(36)23-35(28-15-11-12-16-29(28)40-6-3)41(38,39)26-13-9-8-10-14-26/h8-20,27H,4-7,21-23H2,1-3H3,(H,33,37)/t27-/m1/s1. The predicted octanol–water partition coefficient (Wildman–Crippen LogP) is 5.66. The van der Waals surface area contributed by atoms with Crippen LogP contribution in [0.15, 0.2) is 83.8 Å². The highest BCUT2D eigenvalue weighted by Gasteiger charge is 2.34. The van der Waals surface area contributed by atoms with Gasteiger partial charge < -0.3 is 15.0 Å². The van der Waals surface area contributed by atoms with Crippen LogP contribution in [0.3, 0.4) is 0 Å². The maximum Gasteiger partial charge on any atom is 0.264 e. The molecule has 220 valence electrons. The molecular formula is C31H38ClN3O5S. The van der Waals surface area contributed by atoms with Crippen LogP contribution in [0.5, 0.6) is 5.75 Å². The summed E-state index contributed by atoms with van der Waals surface area (Å²) in [5.74, 6) is -0.477. The zero-order valence-corrected chi connectivity index (χ0v) is 25.3. The Morgan fingerprint density at radius 3 is 2.22 bits per heavy atom. The first-order valence-electron chi connectivity index (χ1n) is 13.8. The van der Waals surface area contributed by atoms with E-state index in [-0.39, 0.29) is 23.0 Å². The number of para-hydroxylation sites is 2. The summed E-state index contributed by atoms with van der Waals surface area (Å²) in [6, 6.07) is 20.8. The van der Waals surface area contributed by atoms with E-state index in [9.17, 15) is 18.0 Å². The van der Waals surface area contributed by atoms with Gasteiger partial charge in [-0.1, -0.05) is 74.3 Å². The number of nitrogens with zero attached hydrogens (tertiary/aromatic N) is 2. The molecule has 1 atom stereocenters.